The fourth-order valence-corrected chi connectivity index (χ4v) is 1.79. The maximum Gasteiger partial charge on any atom is 0.249 e. The lowest BCUT2D eigenvalue weighted by Crippen LogP contribution is -2.47. The van der Waals surface area contributed by atoms with Crippen LogP contribution in [0.4, 0.5) is 20.2 Å². The Morgan fingerprint density at radius 3 is 2.62 bits per heavy atom. The van der Waals surface area contributed by atoms with Crippen molar-refractivity contribution < 1.29 is 13.6 Å². The average Bonchev–Trinajstić information content (AvgIpc) is 2.18. The van der Waals surface area contributed by atoms with Gasteiger partial charge in [-0.2, -0.15) is 0 Å². The molecule has 0 saturated heterocycles. The summed E-state index contributed by atoms with van der Waals surface area (Å²) in [5.41, 5.74) is -0.680. The van der Waals surface area contributed by atoms with E-state index in [0.29, 0.717) is 0 Å². The van der Waals surface area contributed by atoms with Gasteiger partial charge in [-0.1, -0.05) is 0 Å². The van der Waals surface area contributed by atoms with Crippen molar-refractivity contribution >= 4 is 33.2 Å². The smallest absolute Gasteiger partial charge is 0.249 e. The summed E-state index contributed by atoms with van der Waals surface area (Å²) in [7, 11) is 0. The van der Waals surface area contributed by atoms with E-state index in [4.69, 9.17) is 0 Å². The molecule has 86 valence electrons. The molecule has 2 N–H and O–H groups in total. The number of amides is 1. The third-order valence-corrected chi connectivity index (χ3v) is 3.14. The second-order valence-electron chi connectivity index (χ2n) is 4.11. The predicted molar refractivity (Wildman–Crippen MR) is 60.4 cm³/mol. The lowest BCUT2D eigenvalue weighted by Gasteiger charge is -2.33. The minimum absolute atomic E-state index is 0.0300. The van der Waals surface area contributed by atoms with Crippen molar-refractivity contribution in [1.82, 2.24) is 0 Å². The number of carbonyl (C=O) groups is 1. The molecule has 0 spiro atoms. The molecule has 0 aromatic heterocycles. The van der Waals surface area contributed by atoms with Crippen LogP contribution in [-0.2, 0) is 4.79 Å². The molecule has 0 aliphatic carbocycles. The molecule has 1 aromatic rings. The van der Waals surface area contributed by atoms with E-state index in [2.05, 4.69) is 26.6 Å². The molecular formula is C10H9BrF2N2O. The quantitative estimate of drug-likeness (QED) is 0.722. The summed E-state index contributed by atoms with van der Waals surface area (Å²) in [6.45, 7) is 3.26. The molecule has 0 unspecified atom stereocenters. The molecule has 16 heavy (non-hydrogen) atoms. The topological polar surface area (TPSA) is 41.1 Å². The van der Waals surface area contributed by atoms with Crippen LogP contribution in [0.25, 0.3) is 0 Å². The highest BCUT2D eigenvalue weighted by Gasteiger charge is 2.35. The second kappa shape index (κ2) is 3.41. The van der Waals surface area contributed by atoms with Crippen molar-refractivity contribution in [3.63, 3.8) is 0 Å². The highest BCUT2D eigenvalue weighted by atomic mass is 79.9. The fraction of sp³-hybridized carbons (Fsp3) is 0.300. The molecule has 0 saturated carbocycles. The molecular weight excluding hydrogens is 282 g/mol. The SMILES string of the molecule is CC1(C)Nc2cc(F)c(Br)c(F)c2NC1=O. The standard InChI is InChI=1S/C10H9BrF2N2O/c1-10(2)9(16)14-8-5(15-10)3-4(12)6(11)7(8)13/h3,15H,1-2H3,(H,14,16). The van der Waals surface area contributed by atoms with Crippen LogP contribution in [0.5, 0.6) is 0 Å². The van der Waals surface area contributed by atoms with Crippen LogP contribution >= 0.6 is 15.9 Å². The van der Waals surface area contributed by atoms with Crippen molar-refractivity contribution in [2.45, 2.75) is 19.4 Å². The second-order valence-corrected chi connectivity index (χ2v) is 4.91. The molecule has 0 atom stereocenters. The van der Waals surface area contributed by atoms with E-state index < -0.39 is 17.2 Å². The van der Waals surface area contributed by atoms with Crippen LogP contribution in [0.2, 0.25) is 0 Å². The number of halogens is 3. The third-order valence-electron chi connectivity index (χ3n) is 2.42. The van der Waals surface area contributed by atoms with E-state index in [1.165, 1.54) is 0 Å². The molecule has 2 rings (SSSR count). The van der Waals surface area contributed by atoms with Gasteiger partial charge in [0.25, 0.3) is 0 Å². The monoisotopic (exact) mass is 290 g/mol. The Labute approximate surface area is 99.3 Å². The van der Waals surface area contributed by atoms with Gasteiger partial charge in [-0.15, -0.1) is 0 Å². The van der Waals surface area contributed by atoms with Gasteiger partial charge in [-0.25, -0.2) is 8.78 Å². The van der Waals surface area contributed by atoms with Gasteiger partial charge in [-0.3, -0.25) is 4.79 Å². The largest absolute Gasteiger partial charge is 0.370 e. The summed E-state index contributed by atoms with van der Waals surface area (Å²) in [5, 5.41) is 5.20. The summed E-state index contributed by atoms with van der Waals surface area (Å²) in [5.74, 6) is -1.89. The van der Waals surface area contributed by atoms with Crippen molar-refractivity contribution in [2.75, 3.05) is 10.6 Å². The minimum Gasteiger partial charge on any atom is -0.370 e. The number of fused-ring (bicyclic) bond motifs is 1. The molecule has 6 heteroatoms. The summed E-state index contributed by atoms with van der Waals surface area (Å²) in [6, 6.07) is 1.14. The zero-order chi connectivity index (χ0) is 12.1. The van der Waals surface area contributed by atoms with E-state index in [9.17, 15) is 13.6 Å². The van der Waals surface area contributed by atoms with Crippen LogP contribution < -0.4 is 10.6 Å². The Kier molecular flexibility index (Phi) is 2.41. The number of hydrogen-bond acceptors (Lipinski definition) is 2. The highest BCUT2D eigenvalue weighted by Crippen LogP contribution is 2.37. The van der Waals surface area contributed by atoms with Gasteiger partial charge in [0.05, 0.1) is 10.2 Å². The van der Waals surface area contributed by atoms with E-state index in [1.54, 1.807) is 13.8 Å². The Morgan fingerprint density at radius 1 is 1.38 bits per heavy atom. The number of carbonyl (C=O) groups excluding carboxylic acids is 1. The Balaban J connectivity index is 2.61. The summed E-state index contributed by atoms with van der Waals surface area (Å²) in [4.78, 5) is 11.6. The van der Waals surface area contributed by atoms with Gasteiger partial charge in [0.2, 0.25) is 5.91 Å². The van der Waals surface area contributed by atoms with E-state index in [-0.39, 0.29) is 21.8 Å². The van der Waals surface area contributed by atoms with Gasteiger partial charge >= 0.3 is 0 Å². The Hall–Kier alpha value is -1.17. The maximum absolute atomic E-state index is 13.6. The van der Waals surface area contributed by atoms with E-state index in [1.807, 2.05) is 0 Å². The number of rotatable bonds is 0. The van der Waals surface area contributed by atoms with Crippen molar-refractivity contribution in [1.29, 1.82) is 0 Å². The minimum atomic E-state index is -0.889. The third kappa shape index (κ3) is 1.57. The first-order valence-corrected chi connectivity index (χ1v) is 5.39. The van der Waals surface area contributed by atoms with Crippen LogP contribution in [-0.4, -0.2) is 11.4 Å². The van der Waals surface area contributed by atoms with Gasteiger partial charge < -0.3 is 10.6 Å². The first kappa shape index (κ1) is 11.3. The maximum atomic E-state index is 13.6. The molecule has 1 aliphatic heterocycles. The zero-order valence-corrected chi connectivity index (χ0v) is 10.2. The zero-order valence-electron chi connectivity index (χ0n) is 8.62. The summed E-state index contributed by atoms with van der Waals surface area (Å²) < 4.78 is 26.6. The molecule has 0 radical (unpaired) electrons. The first-order chi connectivity index (χ1) is 7.33. The van der Waals surface area contributed by atoms with Gasteiger partial charge in [-0.05, 0) is 29.8 Å². The molecule has 1 aliphatic rings. The highest BCUT2D eigenvalue weighted by molar-refractivity contribution is 9.10. The number of hydrogen-bond donors (Lipinski definition) is 2. The number of benzene rings is 1. The van der Waals surface area contributed by atoms with Crippen molar-refractivity contribution in [3.05, 3.63) is 22.2 Å². The van der Waals surface area contributed by atoms with Crippen LogP contribution in [0.15, 0.2) is 10.5 Å². The lowest BCUT2D eigenvalue weighted by atomic mass is 10.00. The normalized spacial score (nSPS) is 17.4. The molecule has 1 heterocycles. The Bertz CT molecular complexity index is 488. The van der Waals surface area contributed by atoms with Gasteiger partial charge in [0.1, 0.15) is 17.0 Å². The predicted octanol–water partition coefficient (Wildman–Crippen LogP) is 2.87. The first-order valence-electron chi connectivity index (χ1n) is 4.60. The van der Waals surface area contributed by atoms with Crippen LogP contribution in [0.3, 0.4) is 0 Å². The number of nitrogens with one attached hydrogen (secondary N) is 2. The molecule has 1 aromatic carbocycles. The van der Waals surface area contributed by atoms with Gasteiger partial charge in [0.15, 0.2) is 5.82 Å². The van der Waals surface area contributed by atoms with Crippen molar-refractivity contribution in [3.8, 4) is 0 Å². The summed E-state index contributed by atoms with van der Waals surface area (Å²) in [6.07, 6.45) is 0. The number of anilines is 2. The molecule has 3 nitrogen and oxygen atoms in total. The van der Waals surface area contributed by atoms with E-state index in [0.717, 1.165) is 6.07 Å². The van der Waals surface area contributed by atoms with Crippen LogP contribution in [0.1, 0.15) is 13.8 Å². The van der Waals surface area contributed by atoms with Gasteiger partial charge in [0, 0.05) is 6.07 Å². The van der Waals surface area contributed by atoms with Crippen molar-refractivity contribution in [2.24, 2.45) is 0 Å². The molecule has 1 amide bonds. The van der Waals surface area contributed by atoms with Crippen LogP contribution in [0, 0.1) is 11.6 Å². The fourth-order valence-electron chi connectivity index (χ4n) is 1.48. The lowest BCUT2D eigenvalue weighted by molar-refractivity contribution is -0.119. The average molecular weight is 291 g/mol. The molecule has 0 fully saturated rings. The Morgan fingerprint density at radius 2 is 2.00 bits per heavy atom. The van der Waals surface area contributed by atoms with E-state index >= 15 is 0 Å². The summed E-state index contributed by atoms with van der Waals surface area (Å²) >= 11 is 2.78. The molecule has 0 bridgehead atoms.